The molecule has 0 saturated heterocycles. The zero-order valence-corrected chi connectivity index (χ0v) is 18.9. The number of aromatic nitrogens is 1. The summed E-state index contributed by atoms with van der Waals surface area (Å²) in [7, 11) is 0. The van der Waals surface area contributed by atoms with Crippen LogP contribution in [0, 0.1) is 11.8 Å². The maximum Gasteiger partial charge on any atom is 0.407 e. The van der Waals surface area contributed by atoms with Gasteiger partial charge in [0.1, 0.15) is 12.3 Å². The number of fused-ring (bicyclic) bond motifs is 3. The zero-order chi connectivity index (χ0) is 24.4. The van der Waals surface area contributed by atoms with Crippen LogP contribution in [0.5, 0.6) is 0 Å². The van der Waals surface area contributed by atoms with E-state index in [0.717, 1.165) is 16.7 Å². The minimum Gasteiger partial charge on any atom is -0.477 e. The number of hydrogen-bond donors (Lipinski definition) is 3. The first-order chi connectivity index (χ1) is 17.0. The van der Waals surface area contributed by atoms with Gasteiger partial charge in [0.15, 0.2) is 0 Å². The second-order valence-corrected chi connectivity index (χ2v) is 8.88. The van der Waals surface area contributed by atoms with Gasteiger partial charge in [0.05, 0.1) is 0 Å². The number of pyridine rings is 1. The Kier molecular flexibility index (Phi) is 6.18. The van der Waals surface area contributed by atoms with E-state index in [1.54, 1.807) is 6.07 Å². The van der Waals surface area contributed by atoms with Crippen LogP contribution in [0.4, 0.5) is 4.79 Å². The van der Waals surface area contributed by atoms with Crippen LogP contribution in [0.2, 0.25) is 0 Å². The van der Waals surface area contributed by atoms with E-state index in [-0.39, 0.29) is 42.5 Å². The molecule has 0 radical (unpaired) electrons. The van der Waals surface area contributed by atoms with Gasteiger partial charge in [0.2, 0.25) is 5.91 Å². The van der Waals surface area contributed by atoms with Gasteiger partial charge in [-0.05, 0) is 46.2 Å². The Morgan fingerprint density at radius 2 is 1.63 bits per heavy atom. The molecular weight excluding hydrogens is 446 g/mol. The lowest BCUT2D eigenvalue weighted by Crippen LogP contribution is -2.30. The number of nitrogens with one attached hydrogen (secondary N) is 2. The van der Waals surface area contributed by atoms with Crippen molar-refractivity contribution in [3.8, 4) is 11.1 Å². The Hall–Kier alpha value is -4.20. The van der Waals surface area contributed by atoms with E-state index in [2.05, 4.69) is 39.9 Å². The number of ether oxygens (including phenoxy) is 1. The van der Waals surface area contributed by atoms with Gasteiger partial charge in [-0.25, -0.2) is 14.6 Å². The van der Waals surface area contributed by atoms with E-state index in [9.17, 15) is 14.4 Å². The predicted molar refractivity (Wildman–Crippen MR) is 128 cm³/mol. The number of carbonyl (C=O) groups excluding carboxylic acids is 2. The number of carboxylic acids is 1. The average molecular weight is 472 g/mol. The SMILES string of the molecule is O=C(NCC1CC1C(=O)NCc1ccc(C(=O)O)nc1)OCC1c2ccccc2-c2ccccc21. The van der Waals surface area contributed by atoms with Gasteiger partial charge in [-0.3, -0.25) is 4.79 Å². The predicted octanol–water partition coefficient (Wildman–Crippen LogP) is 3.57. The number of carbonyl (C=O) groups is 3. The molecular formula is C27H25N3O5. The molecule has 2 aliphatic carbocycles. The maximum absolute atomic E-state index is 12.4. The number of nitrogens with zero attached hydrogens (tertiary/aromatic N) is 1. The molecule has 3 N–H and O–H groups in total. The third-order valence-corrected chi connectivity index (χ3v) is 6.62. The van der Waals surface area contributed by atoms with Gasteiger partial charge < -0.3 is 20.5 Å². The fourth-order valence-electron chi connectivity index (χ4n) is 4.63. The molecule has 178 valence electrons. The lowest BCUT2D eigenvalue weighted by atomic mass is 9.98. The number of rotatable bonds is 8. The van der Waals surface area contributed by atoms with Crippen LogP contribution in [0.1, 0.15) is 39.5 Å². The fourth-order valence-corrected chi connectivity index (χ4v) is 4.63. The van der Waals surface area contributed by atoms with Crippen molar-refractivity contribution >= 4 is 18.0 Å². The molecule has 2 aromatic carbocycles. The van der Waals surface area contributed by atoms with Crippen LogP contribution in [0.15, 0.2) is 66.9 Å². The van der Waals surface area contributed by atoms with Crippen molar-refractivity contribution in [2.24, 2.45) is 11.8 Å². The molecule has 1 heterocycles. The highest BCUT2D eigenvalue weighted by atomic mass is 16.5. The lowest BCUT2D eigenvalue weighted by Gasteiger charge is -2.14. The van der Waals surface area contributed by atoms with E-state index < -0.39 is 12.1 Å². The van der Waals surface area contributed by atoms with E-state index in [0.29, 0.717) is 13.0 Å². The number of hydrogen-bond acceptors (Lipinski definition) is 5. The molecule has 2 unspecified atom stereocenters. The summed E-state index contributed by atoms with van der Waals surface area (Å²) in [6.45, 7) is 0.904. The summed E-state index contributed by atoms with van der Waals surface area (Å²) in [6.07, 6.45) is 1.65. The third-order valence-electron chi connectivity index (χ3n) is 6.62. The minimum atomic E-state index is -1.09. The average Bonchev–Trinajstić information content (AvgIpc) is 3.60. The zero-order valence-electron chi connectivity index (χ0n) is 18.9. The summed E-state index contributed by atoms with van der Waals surface area (Å²) >= 11 is 0. The standard InChI is InChI=1S/C27H25N3O5/c31-25(29-13-16-9-10-24(26(32)33)28-12-16)22-11-17(22)14-30-27(34)35-15-23-20-7-3-1-5-18(20)19-6-2-4-8-21(19)23/h1-10,12,17,22-23H,11,13-15H2,(H,29,31)(H,30,34)(H,32,33). The topological polar surface area (TPSA) is 118 Å². The summed E-state index contributed by atoms with van der Waals surface area (Å²) < 4.78 is 5.55. The largest absolute Gasteiger partial charge is 0.477 e. The van der Waals surface area contributed by atoms with E-state index >= 15 is 0 Å². The fraction of sp³-hybridized carbons (Fsp3) is 0.259. The molecule has 0 bridgehead atoms. The highest BCUT2D eigenvalue weighted by molar-refractivity contribution is 5.85. The second-order valence-electron chi connectivity index (χ2n) is 8.88. The van der Waals surface area contributed by atoms with Gasteiger partial charge in [0, 0.05) is 31.1 Å². The van der Waals surface area contributed by atoms with Gasteiger partial charge >= 0.3 is 12.1 Å². The molecule has 3 aromatic rings. The first kappa shape index (κ1) is 22.6. The molecule has 35 heavy (non-hydrogen) atoms. The van der Waals surface area contributed by atoms with Gasteiger partial charge in [-0.1, -0.05) is 54.6 Å². The molecule has 8 nitrogen and oxygen atoms in total. The molecule has 2 amide bonds. The van der Waals surface area contributed by atoms with Crippen molar-refractivity contribution in [3.63, 3.8) is 0 Å². The summed E-state index contributed by atoms with van der Waals surface area (Å²) in [5.41, 5.74) is 5.36. The van der Waals surface area contributed by atoms with Crippen LogP contribution in [0.25, 0.3) is 11.1 Å². The van der Waals surface area contributed by atoms with Crippen molar-refractivity contribution in [1.29, 1.82) is 0 Å². The number of carboxylic acid groups (broad SMARTS) is 1. The van der Waals surface area contributed by atoms with E-state index in [1.807, 2.05) is 24.3 Å². The first-order valence-corrected chi connectivity index (χ1v) is 11.6. The minimum absolute atomic E-state index is 0.00616. The maximum atomic E-state index is 12.4. The first-order valence-electron chi connectivity index (χ1n) is 11.6. The molecule has 1 fully saturated rings. The molecule has 1 aromatic heterocycles. The van der Waals surface area contributed by atoms with Gasteiger partial charge in [0.25, 0.3) is 0 Å². The van der Waals surface area contributed by atoms with Crippen LogP contribution in [-0.2, 0) is 16.1 Å². The van der Waals surface area contributed by atoms with Gasteiger partial charge in [-0.2, -0.15) is 0 Å². The van der Waals surface area contributed by atoms with Crippen molar-refractivity contribution in [2.75, 3.05) is 13.2 Å². The number of amides is 2. The summed E-state index contributed by atoms with van der Waals surface area (Å²) in [4.78, 5) is 39.4. The van der Waals surface area contributed by atoms with E-state index in [4.69, 9.17) is 9.84 Å². The Labute approximate surface area is 202 Å². The van der Waals surface area contributed by atoms with Crippen molar-refractivity contribution in [1.82, 2.24) is 15.6 Å². The smallest absolute Gasteiger partial charge is 0.407 e. The highest BCUT2D eigenvalue weighted by Gasteiger charge is 2.42. The van der Waals surface area contributed by atoms with Crippen molar-refractivity contribution in [2.45, 2.75) is 18.9 Å². The summed E-state index contributed by atoms with van der Waals surface area (Å²) in [5, 5.41) is 14.5. The Bertz CT molecular complexity index is 1230. The second kappa shape index (κ2) is 9.58. The third kappa shape index (κ3) is 4.87. The number of aromatic carboxylic acids is 1. The molecule has 0 aliphatic heterocycles. The molecule has 1 saturated carbocycles. The lowest BCUT2D eigenvalue weighted by molar-refractivity contribution is -0.122. The van der Waals surface area contributed by atoms with Crippen LogP contribution >= 0.6 is 0 Å². The number of benzene rings is 2. The molecule has 2 aliphatic rings. The quantitative estimate of drug-likeness (QED) is 0.462. The monoisotopic (exact) mass is 471 g/mol. The van der Waals surface area contributed by atoms with Crippen LogP contribution in [-0.4, -0.2) is 41.2 Å². The summed E-state index contributed by atoms with van der Waals surface area (Å²) in [5.74, 6) is -1.26. The van der Waals surface area contributed by atoms with Crippen molar-refractivity contribution < 1.29 is 24.2 Å². The Balaban J connectivity index is 1.06. The summed E-state index contributed by atoms with van der Waals surface area (Å²) in [6, 6.07) is 19.4. The Morgan fingerprint density at radius 1 is 0.943 bits per heavy atom. The number of alkyl carbamates (subject to hydrolysis) is 1. The van der Waals surface area contributed by atoms with Gasteiger partial charge in [-0.15, -0.1) is 0 Å². The molecule has 2 atom stereocenters. The molecule has 8 heteroatoms. The normalized spacial score (nSPS) is 17.7. The van der Waals surface area contributed by atoms with E-state index in [1.165, 1.54) is 23.4 Å². The Morgan fingerprint density at radius 3 is 2.26 bits per heavy atom. The molecule has 0 spiro atoms. The van der Waals surface area contributed by atoms with Crippen LogP contribution in [0.3, 0.4) is 0 Å². The highest BCUT2D eigenvalue weighted by Crippen LogP contribution is 2.44. The molecule has 5 rings (SSSR count). The van der Waals surface area contributed by atoms with Crippen LogP contribution < -0.4 is 10.6 Å². The van der Waals surface area contributed by atoms with Crippen molar-refractivity contribution in [3.05, 3.63) is 89.2 Å².